The number of hydrogen-bond donors (Lipinski definition) is 1. The number of rotatable bonds is 3. The van der Waals surface area contributed by atoms with Crippen LogP contribution in [0, 0.1) is 0 Å². The van der Waals surface area contributed by atoms with Gasteiger partial charge in [-0.05, 0) is 0 Å². The van der Waals surface area contributed by atoms with Gasteiger partial charge in [-0.25, -0.2) is 0 Å². The number of carbonyl (C=O) groups is 2. The van der Waals surface area contributed by atoms with Crippen molar-refractivity contribution in [3.05, 3.63) is 28.9 Å². The fourth-order valence-corrected chi connectivity index (χ4v) is 2.44. The summed E-state index contributed by atoms with van der Waals surface area (Å²) in [6.07, 6.45) is 1.54. The first-order valence-corrected chi connectivity index (χ1v) is 7.57. The summed E-state index contributed by atoms with van der Waals surface area (Å²) >= 11 is 5.63. The molecule has 2 aromatic rings. The summed E-state index contributed by atoms with van der Waals surface area (Å²) in [4.78, 5) is 26.1. The zero-order valence-corrected chi connectivity index (χ0v) is 13.6. The monoisotopic (exact) mass is 354 g/mol. The van der Waals surface area contributed by atoms with E-state index in [9.17, 15) is 9.59 Å². The van der Waals surface area contributed by atoms with Crippen molar-refractivity contribution in [3.63, 3.8) is 0 Å². The van der Waals surface area contributed by atoms with Gasteiger partial charge in [-0.3, -0.25) is 14.3 Å². The zero-order valence-electron chi connectivity index (χ0n) is 12.8. The first-order valence-electron chi connectivity index (χ1n) is 7.19. The molecule has 1 aliphatic rings. The second kappa shape index (κ2) is 6.97. The molecule has 2 amide bonds. The van der Waals surface area contributed by atoms with Crippen molar-refractivity contribution in [2.45, 2.75) is 6.04 Å². The minimum atomic E-state index is -0.475. The van der Waals surface area contributed by atoms with Gasteiger partial charge in [-0.15, -0.1) is 5.10 Å². The van der Waals surface area contributed by atoms with Crippen LogP contribution in [0.1, 0.15) is 21.0 Å². The van der Waals surface area contributed by atoms with Gasteiger partial charge in [0.25, 0.3) is 11.8 Å². The molecule has 128 valence electrons. The number of nitrogens with zero attached hydrogens (tertiary/aromatic N) is 5. The van der Waals surface area contributed by atoms with Crippen LogP contribution in [0.25, 0.3) is 0 Å². The first-order chi connectivity index (χ1) is 11.5. The van der Waals surface area contributed by atoms with Crippen LogP contribution in [0.5, 0.6) is 0 Å². The molecular formula is C13H15ClN6O4. The van der Waals surface area contributed by atoms with E-state index in [1.807, 2.05) is 0 Å². The van der Waals surface area contributed by atoms with E-state index in [0.29, 0.717) is 13.2 Å². The van der Waals surface area contributed by atoms with E-state index in [1.54, 1.807) is 11.9 Å². The lowest BCUT2D eigenvalue weighted by Gasteiger charge is -2.23. The topological polar surface area (TPSA) is 115 Å². The molecule has 11 heteroatoms. The number of halogens is 1. The number of amides is 2. The van der Waals surface area contributed by atoms with Gasteiger partial charge < -0.3 is 19.5 Å². The van der Waals surface area contributed by atoms with Gasteiger partial charge in [0.15, 0.2) is 10.8 Å². The van der Waals surface area contributed by atoms with Crippen molar-refractivity contribution in [2.75, 3.05) is 26.3 Å². The molecule has 10 nitrogen and oxygen atoms in total. The average Bonchev–Trinajstić information content (AvgIpc) is 3.10. The average molecular weight is 355 g/mol. The van der Waals surface area contributed by atoms with Crippen molar-refractivity contribution >= 4 is 23.4 Å². The van der Waals surface area contributed by atoms with Crippen molar-refractivity contribution in [1.82, 2.24) is 30.4 Å². The summed E-state index contributed by atoms with van der Waals surface area (Å²) < 4.78 is 11.7. The standard InChI is InChI=1S/C13H15ClN6O4/c1-19-6-9(16-18-19)13(22)20-2-3-23-7-8(5-20)15-12(21)10-4-11(14)17-24-10/h4,6,8H,2-3,5,7H2,1H3,(H,15,21). The van der Waals surface area contributed by atoms with Gasteiger partial charge in [-0.2, -0.15) is 0 Å². The van der Waals surface area contributed by atoms with Gasteiger partial charge in [0, 0.05) is 26.2 Å². The summed E-state index contributed by atoms with van der Waals surface area (Å²) in [5, 5.41) is 13.8. The maximum Gasteiger partial charge on any atom is 0.290 e. The van der Waals surface area contributed by atoms with E-state index >= 15 is 0 Å². The first kappa shape index (κ1) is 16.4. The fourth-order valence-electron chi connectivity index (χ4n) is 2.31. The molecule has 1 N–H and O–H groups in total. The molecule has 1 unspecified atom stereocenters. The Labute approximate surface area is 141 Å². The maximum atomic E-state index is 12.5. The Morgan fingerprint density at radius 3 is 2.96 bits per heavy atom. The predicted molar refractivity (Wildman–Crippen MR) is 80.5 cm³/mol. The van der Waals surface area contributed by atoms with Crippen LogP contribution in [0.2, 0.25) is 5.15 Å². The normalized spacial score (nSPS) is 18.2. The highest BCUT2D eigenvalue weighted by atomic mass is 35.5. The van der Waals surface area contributed by atoms with Crippen LogP contribution >= 0.6 is 11.6 Å². The second-order valence-corrected chi connectivity index (χ2v) is 5.68. The van der Waals surface area contributed by atoms with E-state index < -0.39 is 11.9 Å². The lowest BCUT2D eigenvalue weighted by molar-refractivity contribution is 0.0728. The Hall–Kier alpha value is -2.46. The molecule has 1 saturated heterocycles. The van der Waals surface area contributed by atoms with Crippen molar-refractivity contribution < 1.29 is 18.8 Å². The number of aromatic nitrogens is 4. The van der Waals surface area contributed by atoms with Gasteiger partial charge in [0.1, 0.15) is 0 Å². The van der Waals surface area contributed by atoms with Crippen LogP contribution in [-0.2, 0) is 11.8 Å². The van der Waals surface area contributed by atoms with Gasteiger partial charge in [-0.1, -0.05) is 22.0 Å². The number of aryl methyl sites for hydroxylation is 1. The third-order valence-electron chi connectivity index (χ3n) is 3.41. The van der Waals surface area contributed by atoms with Crippen LogP contribution < -0.4 is 5.32 Å². The molecule has 1 fully saturated rings. The Morgan fingerprint density at radius 2 is 2.29 bits per heavy atom. The third-order valence-corrected chi connectivity index (χ3v) is 3.59. The highest BCUT2D eigenvalue weighted by Gasteiger charge is 2.27. The minimum Gasteiger partial charge on any atom is -0.377 e. The lowest BCUT2D eigenvalue weighted by atomic mass is 10.2. The molecule has 1 aliphatic heterocycles. The molecule has 0 aliphatic carbocycles. The van der Waals surface area contributed by atoms with Gasteiger partial charge in [0.05, 0.1) is 25.5 Å². The molecule has 3 rings (SSSR count). The molecule has 24 heavy (non-hydrogen) atoms. The molecular weight excluding hydrogens is 340 g/mol. The minimum absolute atomic E-state index is 0.00366. The van der Waals surface area contributed by atoms with Gasteiger partial charge in [0.2, 0.25) is 5.76 Å². The highest BCUT2D eigenvalue weighted by Crippen LogP contribution is 2.10. The number of ether oxygens (including phenoxy) is 1. The lowest BCUT2D eigenvalue weighted by Crippen LogP contribution is -2.46. The van der Waals surface area contributed by atoms with Crippen LogP contribution in [0.3, 0.4) is 0 Å². The summed E-state index contributed by atoms with van der Waals surface area (Å²) in [6.45, 7) is 1.32. The zero-order chi connectivity index (χ0) is 17.1. The summed E-state index contributed by atoms with van der Waals surface area (Å²) in [6, 6.07) is 0.918. The fraction of sp³-hybridized carbons (Fsp3) is 0.462. The summed E-state index contributed by atoms with van der Waals surface area (Å²) in [5.41, 5.74) is 0.242. The van der Waals surface area contributed by atoms with Crippen molar-refractivity contribution in [1.29, 1.82) is 0 Å². The largest absolute Gasteiger partial charge is 0.377 e. The molecule has 1 atom stereocenters. The van der Waals surface area contributed by atoms with E-state index in [-0.39, 0.29) is 35.7 Å². The molecule has 0 bridgehead atoms. The summed E-state index contributed by atoms with van der Waals surface area (Å²) in [7, 11) is 1.68. The van der Waals surface area contributed by atoms with Crippen molar-refractivity contribution in [3.8, 4) is 0 Å². The highest BCUT2D eigenvalue weighted by molar-refractivity contribution is 6.29. The molecule has 0 saturated carbocycles. The molecule has 0 aromatic carbocycles. The number of carbonyl (C=O) groups excluding carboxylic acids is 2. The van der Waals surface area contributed by atoms with Crippen LogP contribution in [-0.4, -0.2) is 69.2 Å². The molecule has 0 radical (unpaired) electrons. The van der Waals surface area contributed by atoms with E-state index in [0.717, 1.165) is 0 Å². The number of hydrogen-bond acceptors (Lipinski definition) is 7. The summed E-state index contributed by atoms with van der Waals surface area (Å²) in [5.74, 6) is -0.747. The Morgan fingerprint density at radius 1 is 1.46 bits per heavy atom. The Kier molecular flexibility index (Phi) is 4.76. The second-order valence-electron chi connectivity index (χ2n) is 5.29. The quantitative estimate of drug-likeness (QED) is 0.806. The van der Waals surface area contributed by atoms with Crippen LogP contribution in [0.4, 0.5) is 0 Å². The third kappa shape index (κ3) is 3.71. The SMILES string of the molecule is Cn1cc(C(=O)N2CCOCC(NC(=O)c3cc(Cl)no3)C2)nn1. The predicted octanol–water partition coefficient (Wildman–Crippen LogP) is -0.273. The van der Waals surface area contributed by atoms with E-state index in [2.05, 4.69) is 20.8 Å². The van der Waals surface area contributed by atoms with E-state index in [4.69, 9.17) is 20.9 Å². The smallest absolute Gasteiger partial charge is 0.290 e. The number of nitrogens with one attached hydrogen (secondary N) is 1. The molecule has 3 heterocycles. The molecule has 0 spiro atoms. The van der Waals surface area contributed by atoms with E-state index in [1.165, 1.54) is 16.9 Å². The Balaban J connectivity index is 1.66. The molecule has 2 aromatic heterocycles. The Bertz CT molecular complexity index is 744. The van der Waals surface area contributed by atoms with Crippen molar-refractivity contribution in [2.24, 2.45) is 7.05 Å². The van der Waals surface area contributed by atoms with Gasteiger partial charge >= 0.3 is 0 Å². The maximum absolute atomic E-state index is 12.5. The van der Waals surface area contributed by atoms with Crippen LogP contribution in [0.15, 0.2) is 16.8 Å².